The minimum absolute atomic E-state index is 0.0715. The highest BCUT2D eigenvalue weighted by Gasteiger charge is 2.50. The number of hydrogen-bond acceptors (Lipinski definition) is 2. The zero-order chi connectivity index (χ0) is 57.8. The fraction of sp³-hybridized carbons (Fsp3) is 0.184. The van der Waals surface area contributed by atoms with Crippen LogP contribution in [-0.2, 0) is 35.5 Å². The van der Waals surface area contributed by atoms with Crippen molar-refractivity contribution in [3.63, 3.8) is 0 Å². The van der Waals surface area contributed by atoms with E-state index in [0.717, 1.165) is 48.5 Å². The Labute approximate surface area is 497 Å². The summed E-state index contributed by atoms with van der Waals surface area (Å²) in [5.41, 5.74) is 18.6. The van der Waals surface area contributed by atoms with E-state index in [2.05, 4.69) is 305 Å². The van der Waals surface area contributed by atoms with Gasteiger partial charge in [-0.25, -0.2) is 0 Å². The average Bonchev–Trinajstić information content (AvgIpc) is 1.73. The first-order chi connectivity index (χ1) is 40.8. The standard InChI is InChI=1S/2C38H36N2OSi/c2*1-38(2,3)42(30-17-9-5-10-18-30,31-19-11-6-12-20-31)27-29-25-35-36-33(23-24-39(35)37(29)41)32-21-13-14-22-34(32)40(36)26-28-15-7-4-8-16-28/h2*4-22,25,27H,23-24,26H2,1-3H3/b2*29-27+. The van der Waals surface area contributed by atoms with E-state index < -0.39 is 16.1 Å². The molecule has 0 spiro atoms. The molecule has 14 rings (SSSR count). The van der Waals surface area contributed by atoms with Crippen molar-refractivity contribution < 1.29 is 9.59 Å². The van der Waals surface area contributed by atoms with Crippen molar-refractivity contribution >= 4 is 81.9 Å². The quantitative estimate of drug-likeness (QED) is 0.101. The second-order valence-electron chi connectivity index (χ2n) is 25.1. The van der Waals surface area contributed by atoms with Crippen LogP contribution >= 0.6 is 0 Å². The predicted molar refractivity (Wildman–Crippen MR) is 353 cm³/mol. The zero-order valence-corrected chi connectivity index (χ0v) is 51.1. The predicted octanol–water partition coefficient (Wildman–Crippen LogP) is 13.9. The number of fused-ring (bicyclic) bond motifs is 10. The van der Waals surface area contributed by atoms with Gasteiger partial charge in [0.25, 0.3) is 11.8 Å². The Morgan fingerprint density at radius 2 is 0.667 bits per heavy atom. The maximum absolute atomic E-state index is 14.3. The minimum Gasteiger partial charge on any atom is -0.335 e. The van der Waals surface area contributed by atoms with E-state index in [-0.39, 0.29) is 21.9 Å². The number of hydrogen-bond donors (Lipinski definition) is 0. The van der Waals surface area contributed by atoms with E-state index >= 15 is 0 Å². The first kappa shape index (κ1) is 54.4. The van der Waals surface area contributed by atoms with E-state index in [1.54, 1.807) is 0 Å². The molecule has 0 atom stereocenters. The topological polar surface area (TPSA) is 50.5 Å². The van der Waals surface area contributed by atoms with Crippen LogP contribution in [0.3, 0.4) is 0 Å². The monoisotopic (exact) mass is 1130 g/mol. The number of para-hydroxylation sites is 2. The SMILES string of the molecule is CC(C)(C)[Si](/C=C1\C=C2c3c(c4ccccc4n3Cc3ccccc3)CCN2C1=O)(c1ccccc1)c1ccccc1.CC(C)(C)[Si](/C=C1\C=C2c3c(c4ccccc4n3Cc3ccccc3)CCN2C1=O)(c1ccccc1)c1ccccc1. The minimum atomic E-state index is -2.58. The second kappa shape index (κ2) is 21.7. The van der Waals surface area contributed by atoms with Crippen molar-refractivity contribution in [1.29, 1.82) is 0 Å². The molecule has 84 heavy (non-hydrogen) atoms. The van der Waals surface area contributed by atoms with Gasteiger partial charge in [-0.05, 0) is 90.2 Å². The maximum atomic E-state index is 14.3. The highest BCUT2D eigenvalue weighted by atomic mass is 28.3. The molecule has 0 unspecified atom stereocenters. The number of nitrogens with zero attached hydrogens (tertiary/aromatic N) is 4. The first-order valence-electron chi connectivity index (χ1n) is 29.8. The van der Waals surface area contributed by atoms with Crippen LogP contribution in [0.25, 0.3) is 33.2 Å². The van der Waals surface area contributed by atoms with E-state index in [9.17, 15) is 9.59 Å². The number of benzene rings is 8. The molecule has 2 aromatic heterocycles. The molecule has 4 aliphatic rings. The Morgan fingerprint density at radius 3 is 0.976 bits per heavy atom. The van der Waals surface area contributed by atoms with Crippen LogP contribution in [0.15, 0.2) is 265 Å². The summed E-state index contributed by atoms with van der Waals surface area (Å²) in [5, 5.41) is 7.74. The van der Waals surface area contributed by atoms with Gasteiger partial charge in [-0.3, -0.25) is 9.59 Å². The summed E-state index contributed by atoms with van der Waals surface area (Å²) in [6.07, 6.45) is 6.10. The molecule has 0 saturated heterocycles. The van der Waals surface area contributed by atoms with E-state index in [4.69, 9.17) is 0 Å². The van der Waals surface area contributed by atoms with Gasteiger partial charge in [0.1, 0.15) is 16.1 Å². The highest BCUT2D eigenvalue weighted by molar-refractivity contribution is 7.08. The van der Waals surface area contributed by atoms with Crippen molar-refractivity contribution in [1.82, 2.24) is 18.9 Å². The zero-order valence-electron chi connectivity index (χ0n) is 49.1. The fourth-order valence-corrected chi connectivity index (χ4v) is 24.3. The molecule has 8 aromatic carbocycles. The van der Waals surface area contributed by atoms with E-state index in [1.807, 2.05) is 9.80 Å². The van der Waals surface area contributed by atoms with Crippen molar-refractivity contribution in [3.8, 4) is 0 Å². The lowest BCUT2D eigenvalue weighted by molar-refractivity contribution is -0.123. The van der Waals surface area contributed by atoms with Crippen molar-refractivity contribution in [2.24, 2.45) is 0 Å². The Bertz CT molecular complexity index is 3890. The summed E-state index contributed by atoms with van der Waals surface area (Å²) in [6.45, 7) is 17.0. The van der Waals surface area contributed by atoms with E-state index in [1.165, 1.54) is 76.2 Å². The van der Waals surface area contributed by atoms with Crippen LogP contribution in [0.4, 0.5) is 0 Å². The van der Waals surface area contributed by atoms with Gasteiger partial charge in [0.05, 0.1) is 22.8 Å². The number of aromatic nitrogens is 2. The lowest BCUT2D eigenvalue weighted by atomic mass is 10.0. The lowest BCUT2D eigenvalue weighted by Gasteiger charge is -2.42. The number of carbonyl (C=O) groups excluding carboxylic acids is 2. The van der Waals surface area contributed by atoms with Gasteiger partial charge < -0.3 is 18.9 Å². The molecule has 0 saturated carbocycles. The summed E-state index contributed by atoms with van der Waals surface area (Å²) >= 11 is 0. The van der Waals surface area contributed by atoms with Gasteiger partial charge in [0.15, 0.2) is 0 Å². The molecule has 0 fully saturated rings. The van der Waals surface area contributed by atoms with Gasteiger partial charge in [0.2, 0.25) is 0 Å². The molecule has 0 aliphatic carbocycles. The number of amides is 2. The lowest BCUT2D eigenvalue weighted by Crippen LogP contribution is -2.63. The van der Waals surface area contributed by atoms with Crippen LogP contribution in [-0.4, -0.2) is 60.0 Å². The van der Waals surface area contributed by atoms with Crippen LogP contribution in [0.2, 0.25) is 10.1 Å². The van der Waals surface area contributed by atoms with Crippen LogP contribution < -0.4 is 20.7 Å². The highest BCUT2D eigenvalue weighted by Crippen LogP contribution is 2.46. The molecule has 2 amide bonds. The molecule has 0 N–H and O–H groups in total. The van der Waals surface area contributed by atoms with Crippen molar-refractivity contribution in [2.75, 3.05) is 13.1 Å². The largest absolute Gasteiger partial charge is 0.335 e. The van der Waals surface area contributed by atoms with Crippen LogP contribution in [0.1, 0.15) is 75.2 Å². The van der Waals surface area contributed by atoms with Gasteiger partial charge in [-0.15, -0.1) is 0 Å². The number of rotatable bonds is 10. The summed E-state index contributed by atoms with van der Waals surface area (Å²) < 4.78 is 4.86. The van der Waals surface area contributed by atoms with Gasteiger partial charge in [-0.1, -0.05) is 271 Å². The van der Waals surface area contributed by atoms with Gasteiger partial charge in [-0.2, -0.15) is 0 Å². The summed E-state index contributed by atoms with van der Waals surface area (Å²) in [6, 6.07) is 82.2. The third-order valence-electron chi connectivity index (χ3n) is 18.4. The van der Waals surface area contributed by atoms with E-state index in [0.29, 0.717) is 13.1 Å². The Hall–Kier alpha value is -8.83. The van der Waals surface area contributed by atoms with Gasteiger partial charge in [0, 0.05) is 59.1 Å². The third-order valence-corrected chi connectivity index (χ3v) is 29.5. The average molecular weight is 1130 g/mol. The molecular weight excluding hydrogens is 1060 g/mol. The molecule has 6 heterocycles. The fourth-order valence-electron chi connectivity index (χ4n) is 14.4. The Kier molecular flexibility index (Phi) is 14.1. The van der Waals surface area contributed by atoms with Gasteiger partial charge >= 0.3 is 0 Å². The summed E-state index contributed by atoms with van der Waals surface area (Å²) in [7, 11) is -5.16. The summed E-state index contributed by atoms with van der Waals surface area (Å²) in [5.74, 6) is 0.250. The molecular formula is C76H72N4O2Si2. The molecule has 0 bridgehead atoms. The maximum Gasteiger partial charge on any atom is 0.257 e. The Balaban J connectivity index is 0.000000157. The normalized spacial score (nSPS) is 16.1. The molecule has 8 heteroatoms. The van der Waals surface area contributed by atoms with Crippen molar-refractivity contribution in [3.05, 3.63) is 299 Å². The van der Waals surface area contributed by atoms with Crippen molar-refractivity contribution in [2.45, 2.75) is 77.6 Å². The van der Waals surface area contributed by atoms with Crippen LogP contribution in [0, 0.1) is 0 Å². The smallest absolute Gasteiger partial charge is 0.257 e. The number of carbonyl (C=O) groups is 2. The summed E-state index contributed by atoms with van der Waals surface area (Å²) in [4.78, 5) is 32.7. The first-order valence-corrected chi connectivity index (χ1v) is 34.0. The van der Waals surface area contributed by atoms with Crippen LogP contribution in [0.5, 0.6) is 0 Å². The Morgan fingerprint density at radius 1 is 0.381 bits per heavy atom. The molecule has 0 radical (unpaired) electrons. The molecule has 6 nitrogen and oxygen atoms in total. The molecule has 4 aliphatic heterocycles. The second-order valence-corrected chi connectivity index (χ2v) is 34.2. The molecule has 416 valence electrons. The third kappa shape index (κ3) is 9.23. The molecule has 10 aromatic rings.